The molecule has 0 bridgehead atoms. The maximum atomic E-state index is 12.5. The lowest BCUT2D eigenvalue weighted by Gasteiger charge is -2.05. The number of pyridine rings is 1. The number of nitrogens with zero attached hydrogens (tertiary/aromatic N) is 2. The number of fused-ring (bicyclic) bond motifs is 2. The van der Waals surface area contributed by atoms with Crippen molar-refractivity contribution in [2.24, 2.45) is 0 Å². The molecule has 0 fully saturated rings. The molecule has 2 aromatic heterocycles. The van der Waals surface area contributed by atoms with Crippen LogP contribution in [0.3, 0.4) is 0 Å². The number of carbonyl (C=O) groups excluding carboxylic acids is 1. The van der Waals surface area contributed by atoms with Crippen molar-refractivity contribution >= 4 is 43.5 Å². The molecule has 4 aromatic rings. The van der Waals surface area contributed by atoms with Crippen LogP contribution in [0.15, 0.2) is 54.7 Å². The van der Waals surface area contributed by atoms with Gasteiger partial charge < -0.3 is 10.1 Å². The summed E-state index contributed by atoms with van der Waals surface area (Å²) in [6, 6.07) is 15.5. The molecule has 25 heavy (non-hydrogen) atoms. The van der Waals surface area contributed by atoms with E-state index in [1.54, 1.807) is 13.3 Å². The van der Waals surface area contributed by atoms with E-state index in [-0.39, 0.29) is 12.3 Å². The summed E-state index contributed by atoms with van der Waals surface area (Å²) in [6.07, 6.45) is 1.99. The summed E-state index contributed by atoms with van der Waals surface area (Å²) in [7, 11) is 1.61. The van der Waals surface area contributed by atoms with Gasteiger partial charge in [-0.2, -0.15) is 0 Å². The van der Waals surface area contributed by atoms with E-state index in [9.17, 15) is 4.79 Å². The topological polar surface area (TPSA) is 64.1 Å². The van der Waals surface area contributed by atoms with Crippen molar-refractivity contribution in [2.45, 2.75) is 6.42 Å². The molecule has 4 rings (SSSR count). The number of amides is 1. The van der Waals surface area contributed by atoms with Crippen molar-refractivity contribution in [2.75, 3.05) is 12.4 Å². The van der Waals surface area contributed by atoms with Crippen LogP contribution in [0.4, 0.5) is 5.13 Å². The van der Waals surface area contributed by atoms with E-state index >= 15 is 0 Å². The lowest BCUT2D eigenvalue weighted by Crippen LogP contribution is -2.14. The van der Waals surface area contributed by atoms with Gasteiger partial charge in [0.1, 0.15) is 11.3 Å². The molecule has 6 heteroatoms. The van der Waals surface area contributed by atoms with Gasteiger partial charge in [0.05, 0.1) is 23.7 Å². The Bertz CT molecular complexity index is 1070. The Hall–Kier alpha value is -2.99. The van der Waals surface area contributed by atoms with Gasteiger partial charge in [-0.25, -0.2) is 4.98 Å². The van der Waals surface area contributed by atoms with E-state index in [0.29, 0.717) is 10.9 Å². The number of ether oxygens (including phenoxy) is 1. The van der Waals surface area contributed by atoms with E-state index in [4.69, 9.17) is 4.74 Å². The fourth-order valence-electron chi connectivity index (χ4n) is 2.79. The first-order valence-corrected chi connectivity index (χ1v) is 8.62. The molecule has 0 unspecified atom stereocenters. The van der Waals surface area contributed by atoms with Crippen molar-refractivity contribution in [3.8, 4) is 5.75 Å². The second-order valence-electron chi connectivity index (χ2n) is 5.54. The zero-order valence-corrected chi connectivity index (χ0v) is 14.3. The molecule has 0 radical (unpaired) electrons. The minimum atomic E-state index is -0.115. The van der Waals surface area contributed by atoms with Gasteiger partial charge in [0.2, 0.25) is 5.91 Å². The number of nitrogens with one attached hydrogen (secondary N) is 1. The minimum Gasteiger partial charge on any atom is -0.494 e. The van der Waals surface area contributed by atoms with Gasteiger partial charge in [-0.1, -0.05) is 41.7 Å². The van der Waals surface area contributed by atoms with Gasteiger partial charge in [0.25, 0.3) is 0 Å². The molecule has 0 aliphatic rings. The highest BCUT2D eigenvalue weighted by Crippen LogP contribution is 2.32. The molecule has 5 nitrogen and oxygen atoms in total. The van der Waals surface area contributed by atoms with Crippen LogP contribution in [0.2, 0.25) is 0 Å². The molecule has 1 N–H and O–H groups in total. The highest BCUT2D eigenvalue weighted by atomic mass is 32.1. The van der Waals surface area contributed by atoms with Crippen molar-refractivity contribution in [3.63, 3.8) is 0 Å². The molecule has 0 saturated heterocycles. The predicted molar refractivity (Wildman–Crippen MR) is 100 cm³/mol. The number of anilines is 1. The molecule has 0 spiro atoms. The fraction of sp³-hybridized carbons (Fsp3) is 0.105. The highest BCUT2D eigenvalue weighted by molar-refractivity contribution is 7.22. The first kappa shape index (κ1) is 15.5. The van der Waals surface area contributed by atoms with E-state index in [2.05, 4.69) is 15.3 Å². The average molecular weight is 349 g/mol. The van der Waals surface area contributed by atoms with E-state index in [1.807, 2.05) is 48.5 Å². The zero-order chi connectivity index (χ0) is 17.2. The Kier molecular flexibility index (Phi) is 4.03. The number of rotatable bonds is 4. The number of carbonyl (C=O) groups is 1. The fourth-order valence-corrected chi connectivity index (χ4v) is 3.69. The Balaban J connectivity index is 1.58. The van der Waals surface area contributed by atoms with Crippen molar-refractivity contribution < 1.29 is 9.53 Å². The lowest BCUT2D eigenvalue weighted by molar-refractivity contribution is -0.115. The van der Waals surface area contributed by atoms with Crippen LogP contribution in [-0.2, 0) is 11.2 Å². The maximum absolute atomic E-state index is 12.5. The largest absolute Gasteiger partial charge is 0.494 e. The van der Waals surface area contributed by atoms with E-state index < -0.39 is 0 Å². The summed E-state index contributed by atoms with van der Waals surface area (Å²) in [5.74, 6) is 0.587. The standard InChI is InChI=1S/C19H15N3O2S/c1-24-14-8-3-9-15-18(14)22-19(25-15)21-16(23)11-13-6-2-5-12-7-4-10-20-17(12)13/h2-10H,11H2,1H3,(H,21,22,23). The van der Waals surface area contributed by atoms with Crippen LogP contribution in [0, 0.1) is 0 Å². The average Bonchev–Trinajstić information content (AvgIpc) is 3.04. The molecule has 0 atom stereocenters. The van der Waals surface area contributed by atoms with Gasteiger partial charge in [-0.05, 0) is 23.8 Å². The molecule has 0 aliphatic carbocycles. The summed E-state index contributed by atoms with van der Waals surface area (Å²) in [4.78, 5) is 21.3. The first-order valence-electron chi connectivity index (χ1n) is 7.80. The van der Waals surface area contributed by atoms with Gasteiger partial charge in [0, 0.05) is 11.6 Å². The van der Waals surface area contributed by atoms with Gasteiger partial charge in [-0.15, -0.1) is 0 Å². The Morgan fingerprint density at radius 2 is 1.96 bits per heavy atom. The van der Waals surface area contributed by atoms with Gasteiger partial charge >= 0.3 is 0 Å². The summed E-state index contributed by atoms with van der Waals surface area (Å²) in [6.45, 7) is 0. The third-order valence-electron chi connectivity index (χ3n) is 3.92. The summed E-state index contributed by atoms with van der Waals surface area (Å²) in [5.41, 5.74) is 2.51. The Labute approximate surface area is 148 Å². The van der Waals surface area contributed by atoms with Crippen LogP contribution >= 0.6 is 11.3 Å². The second kappa shape index (κ2) is 6.49. The highest BCUT2D eigenvalue weighted by Gasteiger charge is 2.12. The minimum absolute atomic E-state index is 0.115. The van der Waals surface area contributed by atoms with Crippen molar-refractivity contribution in [1.29, 1.82) is 0 Å². The number of benzene rings is 2. The molecule has 1 amide bonds. The van der Waals surface area contributed by atoms with Crippen LogP contribution in [0.1, 0.15) is 5.56 Å². The van der Waals surface area contributed by atoms with Crippen molar-refractivity contribution in [3.05, 3.63) is 60.3 Å². The van der Waals surface area contributed by atoms with Gasteiger partial charge in [-0.3, -0.25) is 9.78 Å². The Morgan fingerprint density at radius 3 is 2.84 bits per heavy atom. The van der Waals surface area contributed by atoms with E-state index in [1.165, 1.54) is 11.3 Å². The molecular formula is C19H15N3O2S. The molecule has 2 heterocycles. The molecular weight excluding hydrogens is 334 g/mol. The third kappa shape index (κ3) is 3.04. The number of thiazole rings is 1. The normalized spacial score (nSPS) is 10.9. The monoisotopic (exact) mass is 349 g/mol. The lowest BCUT2D eigenvalue weighted by atomic mass is 10.1. The SMILES string of the molecule is COc1cccc2sc(NC(=O)Cc3cccc4cccnc34)nc12. The smallest absolute Gasteiger partial charge is 0.230 e. The first-order chi connectivity index (χ1) is 12.2. The molecule has 124 valence electrons. The zero-order valence-electron chi connectivity index (χ0n) is 13.5. The quantitative estimate of drug-likeness (QED) is 0.604. The van der Waals surface area contributed by atoms with Crippen LogP contribution in [-0.4, -0.2) is 23.0 Å². The Morgan fingerprint density at radius 1 is 1.12 bits per heavy atom. The number of hydrogen-bond donors (Lipinski definition) is 1. The van der Waals surface area contributed by atoms with Crippen LogP contribution in [0.5, 0.6) is 5.75 Å². The maximum Gasteiger partial charge on any atom is 0.230 e. The van der Waals surface area contributed by atoms with E-state index in [0.717, 1.165) is 26.7 Å². The number of methoxy groups -OCH3 is 1. The third-order valence-corrected chi connectivity index (χ3v) is 4.85. The number of hydrogen-bond acceptors (Lipinski definition) is 5. The van der Waals surface area contributed by atoms with Crippen LogP contribution in [0.25, 0.3) is 21.1 Å². The number of aromatic nitrogens is 2. The number of para-hydroxylation sites is 2. The summed E-state index contributed by atoms with van der Waals surface area (Å²) >= 11 is 1.43. The van der Waals surface area contributed by atoms with Crippen LogP contribution < -0.4 is 10.1 Å². The second-order valence-corrected chi connectivity index (χ2v) is 6.57. The van der Waals surface area contributed by atoms with Gasteiger partial charge in [0.15, 0.2) is 5.13 Å². The van der Waals surface area contributed by atoms with Crippen molar-refractivity contribution in [1.82, 2.24) is 9.97 Å². The predicted octanol–water partition coefficient (Wildman–Crippen LogP) is 4.03. The molecule has 0 aliphatic heterocycles. The molecule has 0 saturated carbocycles. The summed E-state index contributed by atoms with van der Waals surface area (Å²) in [5, 5.41) is 4.47. The molecule has 2 aromatic carbocycles. The summed E-state index contributed by atoms with van der Waals surface area (Å²) < 4.78 is 6.29.